The number of carboxylic acids is 1. The fourth-order valence-corrected chi connectivity index (χ4v) is 2.70. The van der Waals surface area contributed by atoms with Crippen molar-refractivity contribution in [3.63, 3.8) is 0 Å². The van der Waals surface area contributed by atoms with Gasteiger partial charge in [0.1, 0.15) is 5.75 Å². The van der Waals surface area contributed by atoms with Crippen molar-refractivity contribution in [1.82, 2.24) is 9.88 Å². The van der Waals surface area contributed by atoms with Gasteiger partial charge >= 0.3 is 11.9 Å². The first kappa shape index (κ1) is 18.0. The molecule has 24 heavy (non-hydrogen) atoms. The third-order valence-electron chi connectivity index (χ3n) is 4.11. The maximum Gasteiger partial charge on any atom is 0.311 e. The second kappa shape index (κ2) is 8.49. The standard InChI is InChI=1S/C18H24N2O4/c1-3-20(4-2)11-10-13-12-19-14-6-5-7-15(18(13)14)24-17(23)9-8-16(21)22/h5-7,12,19H,3-4,8-11H2,1-2H3,(H,21,22). The van der Waals surface area contributed by atoms with E-state index in [0.29, 0.717) is 5.75 Å². The molecule has 6 nitrogen and oxygen atoms in total. The minimum absolute atomic E-state index is 0.134. The number of hydrogen-bond acceptors (Lipinski definition) is 4. The summed E-state index contributed by atoms with van der Waals surface area (Å²) in [5, 5.41) is 9.56. The predicted octanol–water partition coefficient (Wildman–Crippen LogP) is 2.82. The minimum Gasteiger partial charge on any atom is -0.481 e. The first-order valence-corrected chi connectivity index (χ1v) is 8.29. The summed E-state index contributed by atoms with van der Waals surface area (Å²) in [4.78, 5) is 28.0. The van der Waals surface area contributed by atoms with E-state index in [4.69, 9.17) is 9.84 Å². The fourth-order valence-electron chi connectivity index (χ4n) is 2.70. The van der Waals surface area contributed by atoms with E-state index in [9.17, 15) is 9.59 Å². The Morgan fingerprint density at radius 2 is 1.96 bits per heavy atom. The zero-order valence-corrected chi connectivity index (χ0v) is 14.2. The first-order valence-electron chi connectivity index (χ1n) is 8.29. The Bertz CT molecular complexity index is 704. The number of carboxylic acid groups (broad SMARTS) is 1. The third-order valence-corrected chi connectivity index (χ3v) is 4.11. The highest BCUT2D eigenvalue weighted by Crippen LogP contribution is 2.29. The van der Waals surface area contributed by atoms with Crippen molar-refractivity contribution in [1.29, 1.82) is 0 Å². The maximum absolute atomic E-state index is 11.8. The van der Waals surface area contributed by atoms with Crippen molar-refractivity contribution >= 4 is 22.8 Å². The largest absolute Gasteiger partial charge is 0.481 e. The molecule has 2 rings (SSSR count). The van der Waals surface area contributed by atoms with Crippen LogP contribution in [0.3, 0.4) is 0 Å². The Kier molecular flexibility index (Phi) is 6.37. The Labute approximate surface area is 141 Å². The number of esters is 1. The zero-order valence-electron chi connectivity index (χ0n) is 14.2. The van der Waals surface area contributed by atoms with Gasteiger partial charge in [-0.3, -0.25) is 9.59 Å². The molecule has 6 heteroatoms. The number of ether oxygens (including phenoxy) is 1. The van der Waals surface area contributed by atoms with Gasteiger partial charge in [0, 0.05) is 23.6 Å². The summed E-state index contributed by atoms with van der Waals surface area (Å²) in [5.41, 5.74) is 2.01. The lowest BCUT2D eigenvalue weighted by atomic mass is 10.1. The SMILES string of the molecule is CCN(CC)CCc1c[nH]c2cccc(OC(=O)CCC(=O)O)c12. The molecule has 2 N–H and O–H groups in total. The van der Waals surface area contributed by atoms with Crippen molar-refractivity contribution in [2.75, 3.05) is 19.6 Å². The average molecular weight is 332 g/mol. The van der Waals surface area contributed by atoms with Crippen LogP contribution >= 0.6 is 0 Å². The topological polar surface area (TPSA) is 82.6 Å². The number of nitrogens with zero attached hydrogens (tertiary/aromatic N) is 1. The van der Waals surface area contributed by atoms with Gasteiger partial charge < -0.3 is 19.7 Å². The van der Waals surface area contributed by atoms with Gasteiger partial charge in [0.2, 0.25) is 0 Å². The number of aliphatic carboxylic acids is 1. The van der Waals surface area contributed by atoms with E-state index in [1.54, 1.807) is 6.07 Å². The lowest BCUT2D eigenvalue weighted by molar-refractivity contribution is -0.142. The van der Waals surface area contributed by atoms with Crippen LogP contribution in [0.2, 0.25) is 0 Å². The molecule has 0 atom stereocenters. The molecule has 0 unspecified atom stereocenters. The number of benzene rings is 1. The molecule has 0 aliphatic carbocycles. The van der Waals surface area contributed by atoms with Crippen LogP contribution in [0.5, 0.6) is 5.75 Å². The van der Waals surface area contributed by atoms with E-state index in [2.05, 4.69) is 23.7 Å². The highest BCUT2D eigenvalue weighted by atomic mass is 16.5. The van der Waals surface area contributed by atoms with Crippen LogP contribution in [0.15, 0.2) is 24.4 Å². The third kappa shape index (κ3) is 4.58. The molecule has 0 fully saturated rings. The summed E-state index contributed by atoms with van der Waals surface area (Å²) in [5.74, 6) is -1.05. The molecule has 0 saturated heterocycles. The molecule has 1 aromatic heterocycles. The van der Waals surface area contributed by atoms with E-state index < -0.39 is 11.9 Å². The molecule has 0 radical (unpaired) electrons. The van der Waals surface area contributed by atoms with E-state index >= 15 is 0 Å². The monoisotopic (exact) mass is 332 g/mol. The highest BCUT2D eigenvalue weighted by molar-refractivity contribution is 5.91. The van der Waals surface area contributed by atoms with Crippen molar-refractivity contribution < 1.29 is 19.4 Å². The quantitative estimate of drug-likeness (QED) is 0.545. The predicted molar refractivity (Wildman–Crippen MR) is 92.3 cm³/mol. The normalized spacial score (nSPS) is 11.1. The molecular weight excluding hydrogens is 308 g/mol. The summed E-state index contributed by atoms with van der Waals surface area (Å²) in [6.45, 7) is 7.19. The zero-order chi connectivity index (χ0) is 17.5. The average Bonchev–Trinajstić information content (AvgIpc) is 2.98. The van der Waals surface area contributed by atoms with Crippen molar-refractivity contribution in [2.24, 2.45) is 0 Å². The summed E-state index contributed by atoms with van der Waals surface area (Å²) < 4.78 is 5.40. The second-order valence-corrected chi connectivity index (χ2v) is 5.64. The fraction of sp³-hybridized carbons (Fsp3) is 0.444. The number of fused-ring (bicyclic) bond motifs is 1. The minimum atomic E-state index is -1.01. The Morgan fingerprint density at radius 1 is 1.21 bits per heavy atom. The molecule has 0 bridgehead atoms. The van der Waals surface area contributed by atoms with Crippen molar-refractivity contribution in [3.05, 3.63) is 30.0 Å². The summed E-state index contributed by atoms with van der Waals surface area (Å²) in [7, 11) is 0. The van der Waals surface area contributed by atoms with Gasteiger partial charge in [-0.15, -0.1) is 0 Å². The Morgan fingerprint density at radius 3 is 2.62 bits per heavy atom. The van der Waals surface area contributed by atoms with Gasteiger partial charge in [-0.05, 0) is 37.2 Å². The lowest BCUT2D eigenvalue weighted by Gasteiger charge is -2.17. The van der Waals surface area contributed by atoms with Gasteiger partial charge in [0.15, 0.2) is 0 Å². The molecule has 1 aromatic carbocycles. The molecule has 130 valence electrons. The number of H-pyrrole nitrogens is 1. The summed E-state index contributed by atoms with van der Waals surface area (Å²) >= 11 is 0. The number of carbonyl (C=O) groups excluding carboxylic acids is 1. The first-order chi connectivity index (χ1) is 11.5. The number of rotatable bonds is 9. The molecule has 1 heterocycles. The number of carbonyl (C=O) groups is 2. The van der Waals surface area contributed by atoms with Crippen LogP contribution in [0.4, 0.5) is 0 Å². The van der Waals surface area contributed by atoms with Crippen LogP contribution in [0.25, 0.3) is 10.9 Å². The Balaban J connectivity index is 2.16. The molecule has 0 aliphatic rings. The summed E-state index contributed by atoms with van der Waals surface area (Å²) in [6.07, 6.45) is 2.44. The summed E-state index contributed by atoms with van der Waals surface area (Å²) in [6, 6.07) is 5.49. The number of likely N-dealkylation sites (N-methyl/N-ethyl adjacent to an activating group) is 1. The number of nitrogens with one attached hydrogen (secondary N) is 1. The lowest BCUT2D eigenvalue weighted by Crippen LogP contribution is -2.25. The van der Waals surface area contributed by atoms with E-state index in [-0.39, 0.29) is 12.8 Å². The van der Waals surface area contributed by atoms with Crippen LogP contribution in [0.1, 0.15) is 32.3 Å². The van der Waals surface area contributed by atoms with Gasteiger partial charge in [0.05, 0.1) is 12.8 Å². The van der Waals surface area contributed by atoms with Crippen LogP contribution in [0, 0.1) is 0 Å². The van der Waals surface area contributed by atoms with Gasteiger partial charge in [-0.2, -0.15) is 0 Å². The van der Waals surface area contributed by atoms with E-state index in [1.165, 1.54) is 0 Å². The molecule has 0 amide bonds. The van der Waals surface area contributed by atoms with Gasteiger partial charge in [-0.25, -0.2) is 0 Å². The van der Waals surface area contributed by atoms with Gasteiger partial charge in [-0.1, -0.05) is 19.9 Å². The highest BCUT2D eigenvalue weighted by Gasteiger charge is 2.14. The van der Waals surface area contributed by atoms with E-state index in [0.717, 1.165) is 42.5 Å². The smallest absolute Gasteiger partial charge is 0.311 e. The van der Waals surface area contributed by atoms with Crippen LogP contribution < -0.4 is 4.74 Å². The molecule has 0 saturated carbocycles. The number of aromatic nitrogens is 1. The number of hydrogen-bond donors (Lipinski definition) is 2. The van der Waals surface area contributed by atoms with E-state index in [1.807, 2.05) is 18.3 Å². The molecular formula is C18H24N2O4. The Hall–Kier alpha value is -2.34. The molecule has 0 spiro atoms. The van der Waals surface area contributed by atoms with Crippen LogP contribution in [-0.2, 0) is 16.0 Å². The number of aromatic amines is 1. The molecule has 2 aromatic rings. The van der Waals surface area contributed by atoms with Crippen molar-refractivity contribution in [2.45, 2.75) is 33.1 Å². The maximum atomic E-state index is 11.8. The van der Waals surface area contributed by atoms with Crippen molar-refractivity contribution in [3.8, 4) is 5.75 Å². The second-order valence-electron chi connectivity index (χ2n) is 5.64. The van der Waals surface area contributed by atoms with Crippen LogP contribution in [-0.4, -0.2) is 46.6 Å². The van der Waals surface area contributed by atoms with Gasteiger partial charge in [0.25, 0.3) is 0 Å². The molecule has 0 aliphatic heterocycles.